The van der Waals surface area contributed by atoms with Crippen LogP contribution in [0.4, 0.5) is 5.69 Å². The molecule has 0 aromatic carbocycles. The minimum absolute atomic E-state index is 0.448. The maximum absolute atomic E-state index is 4.47. The third-order valence-electron chi connectivity index (χ3n) is 5.30. The van der Waals surface area contributed by atoms with Gasteiger partial charge >= 0.3 is 0 Å². The van der Waals surface area contributed by atoms with E-state index in [0.717, 1.165) is 25.0 Å². The standard InChI is InChI=1S/C17H30N4/c1-14(2)21-13-17(12-18-21)20-10-8-19(9-11-20)16-6-4-15(3)5-7-16/h12-16H,4-11H2,1-3H3. The van der Waals surface area contributed by atoms with Crippen molar-refractivity contribution in [2.75, 3.05) is 31.1 Å². The Morgan fingerprint density at radius 1 is 1.05 bits per heavy atom. The molecule has 1 saturated carbocycles. The van der Waals surface area contributed by atoms with Crippen LogP contribution in [-0.2, 0) is 0 Å². The van der Waals surface area contributed by atoms with Crippen LogP contribution >= 0.6 is 0 Å². The number of rotatable bonds is 3. The molecule has 0 amide bonds. The molecular weight excluding hydrogens is 260 g/mol. The second-order valence-corrected chi connectivity index (χ2v) is 7.21. The van der Waals surface area contributed by atoms with Gasteiger partial charge in [-0.3, -0.25) is 9.58 Å². The number of nitrogens with zero attached hydrogens (tertiary/aromatic N) is 4. The zero-order valence-corrected chi connectivity index (χ0v) is 13.8. The van der Waals surface area contributed by atoms with Gasteiger partial charge in [0.05, 0.1) is 11.9 Å². The van der Waals surface area contributed by atoms with Crippen LogP contribution < -0.4 is 4.90 Å². The molecule has 1 aromatic heterocycles. The largest absolute Gasteiger partial charge is 0.366 e. The Bertz CT molecular complexity index is 437. The first-order chi connectivity index (χ1) is 10.1. The molecule has 1 aliphatic carbocycles. The van der Waals surface area contributed by atoms with Crippen molar-refractivity contribution < 1.29 is 0 Å². The fourth-order valence-electron chi connectivity index (χ4n) is 3.73. The lowest BCUT2D eigenvalue weighted by molar-refractivity contribution is 0.133. The van der Waals surface area contributed by atoms with Crippen molar-refractivity contribution >= 4 is 5.69 Å². The lowest BCUT2D eigenvalue weighted by atomic mass is 9.86. The molecule has 0 bridgehead atoms. The Morgan fingerprint density at radius 2 is 1.71 bits per heavy atom. The van der Waals surface area contributed by atoms with Gasteiger partial charge < -0.3 is 4.90 Å². The van der Waals surface area contributed by atoms with Gasteiger partial charge in [0.15, 0.2) is 0 Å². The Balaban J connectivity index is 1.52. The summed E-state index contributed by atoms with van der Waals surface area (Å²) in [4.78, 5) is 5.23. The molecule has 4 heteroatoms. The molecular formula is C17H30N4. The van der Waals surface area contributed by atoms with Crippen LogP contribution in [0.15, 0.2) is 12.4 Å². The van der Waals surface area contributed by atoms with E-state index < -0.39 is 0 Å². The van der Waals surface area contributed by atoms with Crippen molar-refractivity contribution in [3.63, 3.8) is 0 Å². The Morgan fingerprint density at radius 3 is 2.29 bits per heavy atom. The second kappa shape index (κ2) is 6.39. The van der Waals surface area contributed by atoms with Gasteiger partial charge in [-0.1, -0.05) is 6.92 Å². The molecule has 2 aliphatic rings. The minimum Gasteiger partial charge on any atom is -0.366 e. The molecule has 2 fully saturated rings. The van der Waals surface area contributed by atoms with E-state index in [0.29, 0.717) is 6.04 Å². The third-order valence-corrected chi connectivity index (χ3v) is 5.30. The first kappa shape index (κ1) is 14.9. The van der Waals surface area contributed by atoms with E-state index in [-0.39, 0.29) is 0 Å². The van der Waals surface area contributed by atoms with Crippen LogP contribution in [0, 0.1) is 5.92 Å². The van der Waals surface area contributed by atoms with Crippen molar-refractivity contribution in [2.24, 2.45) is 5.92 Å². The highest BCUT2D eigenvalue weighted by atomic mass is 15.3. The fourth-order valence-corrected chi connectivity index (χ4v) is 3.73. The van der Waals surface area contributed by atoms with Crippen LogP contribution in [0.3, 0.4) is 0 Å². The summed E-state index contributed by atoms with van der Waals surface area (Å²) in [6.07, 6.45) is 9.89. The quantitative estimate of drug-likeness (QED) is 0.854. The van der Waals surface area contributed by atoms with E-state index in [9.17, 15) is 0 Å². The number of hydrogen-bond donors (Lipinski definition) is 0. The molecule has 0 unspecified atom stereocenters. The van der Waals surface area contributed by atoms with Gasteiger partial charge in [-0.15, -0.1) is 0 Å². The fraction of sp³-hybridized carbons (Fsp3) is 0.824. The van der Waals surface area contributed by atoms with E-state index in [1.165, 1.54) is 44.5 Å². The molecule has 0 spiro atoms. The van der Waals surface area contributed by atoms with Crippen molar-refractivity contribution in [1.82, 2.24) is 14.7 Å². The average molecular weight is 290 g/mol. The van der Waals surface area contributed by atoms with Crippen molar-refractivity contribution in [1.29, 1.82) is 0 Å². The van der Waals surface area contributed by atoms with Crippen LogP contribution in [0.1, 0.15) is 52.5 Å². The molecule has 1 aliphatic heterocycles. The summed E-state index contributed by atoms with van der Waals surface area (Å²) in [6.45, 7) is 11.5. The number of aromatic nitrogens is 2. The molecule has 3 rings (SSSR count). The first-order valence-corrected chi connectivity index (χ1v) is 8.66. The van der Waals surface area contributed by atoms with Crippen molar-refractivity contribution in [3.05, 3.63) is 12.4 Å². The lowest BCUT2D eigenvalue weighted by Crippen LogP contribution is -2.51. The average Bonchev–Trinajstić information content (AvgIpc) is 2.98. The van der Waals surface area contributed by atoms with Crippen LogP contribution in [-0.4, -0.2) is 46.9 Å². The summed E-state index contributed by atoms with van der Waals surface area (Å²) in [5.41, 5.74) is 1.29. The topological polar surface area (TPSA) is 24.3 Å². The maximum atomic E-state index is 4.47. The second-order valence-electron chi connectivity index (χ2n) is 7.21. The first-order valence-electron chi connectivity index (χ1n) is 8.66. The van der Waals surface area contributed by atoms with E-state index >= 15 is 0 Å². The normalized spacial score (nSPS) is 28.3. The lowest BCUT2D eigenvalue weighted by Gasteiger charge is -2.42. The SMILES string of the molecule is CC1CCC(N2CCN(c3cnn(C(C)C)c3)CC2)CC1. The van der Waals surface area contributed by atoms with Crippen LogP contribution in [0.25, 0.3) is 0 Å². The number of piperazine rings is 1. The van der Waals surface area contributed by atoms with E-state index in [1.54, 1.807) is 0 Å². The highest BCUT2D eigenvalue weighted by molar-refractivity contribution is 5.42. The smallest absolute Gasteiger partial charge is 0.0753 e. The van der Waals surface area contributed by atoms with Gasteiger partial charge in [0.25, 0.3) is 0 Å². The van der Waals surface area contributed by atoms with Gasteiger partial charge in [0, 0.05) is 44.5 Å². The van der Waals surface area contributed by atoms with Gasteiger partial charge in [-0.25, -0.2) is 0 Å². The molecule has 21 heavy (non-hydrogen) atoms. The Kier molecular flexibility index (Phi) is 4.53. The summed E-state index contributed by atoms with van der Waals surface area (Å²) in [5, 5.41) is 4.47. The maximum Gasteiger partial charge on any atom is 0.0753 e. The van der Waals surface area contributed by atoms with Crippen LogP contribution in [0.5, 0.6) is 0 Å². The predicted molar refractivity (Wildman–Crippen MR) is 87.8 cm³/mol. The zero-order chi connectivity index (χ0) is 14.8. The molecule has 4 nitrogen and oxygen atoms in total. The predicted octanol–water partition coefficient (Wildman–Crippen LogP) is 3.16. The molecule has 2 heterocycles. The number of anilines is 1. The van der Waals surface area contributed by atoms with Gasteiger partial charge in [0.1, 0.15) is 0 Å². The molecule has 0 radical (unpaired) electrons. The van der Waals surface area contributed by atoms with Gasteiger partial charge in [0.2, 0.25) is 0 Å². The Hall–Kier alpha value is -1.03. The van der Waals surface area contributed by atoms with Crippen molar-refractivity contribution in [3.8, 4) is 0 Å². The van der Waals surface area contributed by atoms with E-state index in [4.69, 9.17) is 0 Å². The monoisotopic (exact) mass is 290 g/mol. The van der Waals surface area contributed by atoms with E-state index in [1.807, 2.05) is 6.20 Å². The van der Waals surface area contributed by atoms with Crippen molar-refractivity contribution in [2.45, 2.75) is 58.5 Å². The molecule has 118 valence electrons. The third kappa shape index (κ3) is 3.42. The molecule has 1 aromatic rings. The highest BCUT2D eigenvalue weighted by Crippen LogP contribution is 2.28. The van der Waals surface area contributed by atoms with Crippen LogP contribution in [0.2, 0.25) is 0 Å². The highest BCUT2D eigenvalue weighted by Gasteiger charge is 2.27. The molecule has 0 N–H and O–H groups in total. The summed E-state index contributed by atoms with van der Waals surface area (Å²) in [5.74, 6) is 0.949. The minimum atomic E-state index is 0.448. The summed E-state index contributed by atoms with van der Waals surface area (Å²) in [6, 6.07) is 1.30. The zero-order valence-electron chi connectivity index (χ0n) is 13.8. The Labute approximate surface area is 129 Å². The van der Waals surface area contributed by atoms with Gasteiger partial charge in [-0.05, 0) is 45.4 Å². The summed E-state index contributed by atoms with van der Waals surface area (Å²) < 4.78 is 2.06. The molecule has 1 saturated heterocycles. The summed E-state index contributed by atoms with van der Waals surface area (Å²) >= 11 is 0. The number of hydrogen-bond acceptors (Lipinski definition) is 3. The van der Waals surface area contributed by atoms with Gasteiger partial charge in [-0.2, -0.15) is 5.10 Å². The van der Waals surface area contributed by atoms with E-state index in [2.05, 4.69) is 46.5 Å². The summed E-state index contributed by atoms with van der Waals surface area (Å²) in [7, 11) is 0. The molecule has 0 atom stereocenters.